The second-order valence-electron chi connectivity index (χ2n) is 4.26. The monoisotopic (exact) mass is 219 g/mol. The van der Waals surface area contributed by atoms with Crippen molar-refractivity contribution >= 4 is 11.6 Å². The van der Waals surface area contributed by atoms with E-state index < -0.39 is 0 Å². The second-order valence-corrected chi connectivity index (χ2v) is 4.64. The molecule has 2 nitrogen and oxygen atoms in total. The third-order valence-electron chi connectivity index (χ3n) is 3.20. The molecule has 1 aliphatic heterocycles. The van der Waals surface area contributed by atoms with Gasteiger partial charge >= 0.3 is 0 Å². The van der Waals surface area contributed by atoms with Crippen LogP contribution in [0.25, 0.3) is 0 Å². The van der Waals surface area contributed by atoms with Crippen LogP contribution in [0.3, 0.4) is 0 Å². The van der Waals surface area contributed by atoms with Crippen molar-refractivity contribution in [3.8, 4) is 0 Å². The first kappa shape index (κ1) is 12.3. The van der Waals surface area contributed by atoms with E-state index >= 15 is 0 Å². The summed E-state index contributed by atoms with van der Waals surface area (Å²) in [6.45, 7) is 5.64. The fourth-order valence-electron chi connectivity index (χ4n) is 2.12. The first-order chi connectivity index (χ1) is 6.77. The van der Waals surface area contributed by atoms with Crippen molar-refractivity contribution in [1.29, 1.82) is 0 Å². The fraction of sp³-hybridized carbons (Fsp3) is 1.00. The highest BCUT2D eigenvalue weighted by Crippen LogP contribution is 2.22. The van der Waals surface area contributed by atoms with Gasteiger partial charge in [-0.05, 0) is 38.6 Å². The Morgan fingerprint density at radius 2 is 2.36 bits per heavy atom. The van der Waals surface area contributed by atoms with Gasteiger partial charge in [0, 0.05) is 32.2 Å². The molecular formula is C11H22ClNO. The first-order valence-corrected chi connectivity index (χ1v) is 6.10. The summed E-state index contributed by atoms with van der Waals surface area (Å²) in [4.78, 5) is 2.57. The highest BCUT2D eigenvalue weighted by atomic mass is 35.5. The third-order valence-corrected chi connectivity index (χ3v) is 3.42. The average Bonchev–Trinajstić information content (AvgIpc) is 2.63. The minimum atomic E-state index is 0.662. The Morgan fingerprint density at radius 1 is 1.57 bits per heavy atom. The summed E-state index contributed by atoms with van der Waals surface area (Å²) >= 11 is 5.75. The van der Waals surface area contributed by atoms with Crippen LogP contribution >= 0.6 is 11.6 Å². The van der Waals surface area contributed by atoms with Crippen LogP contribution in [0.5, 0.6) is 0 Å². The third kappa shape index (κ3) is 3.76. The van der Waals surface area contributed by atoms with E-state index in [1.165, 1.54) is 25.9 Å². The summed E-state index contributed by atoms with van der Waals surface area (Å²) in [7, 11) is 1.77. The van der Waals surface area contributed by atoms with E-state index in [4.69, 9.17) is 16.3 Å². The molecule has 0 saturated carbocycles. The maximum atomic E-state index is 5.75. The van der Waals surface area contributed by atoms with Gasteiger partial charge in [-0.2, -0.15) is 0 Å². The molecule has 0 aromatic rings. The van der Waals surface area contributed by atoms with Crippen molar-refractivity contribution in [2.24, 2.45) is 5.92 Å². The molecule has 0 spiro atoms. The Morgan fingerprint density at radius 3 is 3.00 bits per heavy atom. The van der Waals surface area contributed by atoms with Crippen molar-refractivity contribution < 1.29 is 4.74 Å². The Balaban J connectivity index is 2.19. The standard InChI is InChI=1S/C11H22ClNO/c1-10(5-8-14-2)13-7-4-11(9-13)3-6-12/h10-11H,3-9H2,1-2H3. The number of methoxy groups -OCH3 is 1. The minimum Gasteiger partial charge on any atom is -0.385 e. The van der Waals surface area contributed by atoms with Gasteiger partial charge in [-0.15, -0.1) is 11.6 Å². The van der Waals surface area contributed by atoms with Crippen molar-refractivity contribution in [2.75, 3.05) is 32.7 Å². The molecule has 0 aliphatic carbocycles. The number of halogens is 1. The van der Waals surface area contributed by atoms with Crippen molar-refractivity contribution in [1.82, 2.24) is 4.90 Å². The molecule has 2 unspecified atom stereocenters. The normalized spacial score (nSPS) is 25.5. The highest BCUT2D eigenvalue weighted by molar-refractivity contribution is 6.17. The predicted molar refractivity (Wildman–Crippen MR) is 61.0 cm³/mol. The van der Waals surface area contributed by atoms with Crippen molar-refractivity contribution in [3.63, 3.8) is 0 Å². The molecule has 1 heterocycles. The molecule has 14 heavy (non-hydrogen) atoms. The van der Waals surface area contributed by atoms with Gasteiger partial charge in [0.05, 0.1) is 0 Å². The zero-order valence-corrected chi connectivity index (χ0v) is 10.1. The summed E-state index contributed by atoms with van der Waals surface area (Å²) in [5, 5.41) is 0. The number of hydrogen-bond acceptors (Lipinski definition) is 2. The molecular weight excluding hydrogens is 198 g/mol. The molecule has 0 N–H and O–H groups in total. The molecule has 2 atom stereocenters. The van der Waals surface area contributed by atoms with Gasteiger partial charge in [-0.3, -0.25) is 0 Å². The van der Waals surface area contributed by atoms with Gasteiger partial charge in [0.15, 0.2) is 0 Å². The summed E-state index contributed by atoms with van der Waals surface area (Å²) < 4.78 is 5.10. The van der Waals surface area contributed by atoms with E-state index in [1.54, 1.807) is 7.11 Å². The van der Waals surface area contributed by atoms with Crippen LogP contribution < -0.4 is 0 Å². The second kappa shape index (κ2) is 6.65. The van der Waals surface area contributed by atoms with Gasteiger partial charge in [0.2, 0.25) is 0 Å². The number of rotatable bonds is 6. The van der Waals surface area contributed by atoms with Crippen LogP contribution in [-0.2, 0) is 4.74 Å². The number of likely N-dealkylation sites (tertiary alicyclic amines) is 1. The van der Waals surface area contributed by atoms with Crippen LogP contribution in [0.1, 0.15) is 26.2 Å². The van der Waals surface area contributed by atoms with Crippen LogP contribution in [-0.4, -0.2) is 43.6 Å². The van der Waals surface area contributed by atoms with E-state index in [-0.39, 0.29) is 0 Å². The Labute approximate surface area is 92.6 Å². The Kier molecular flexibility index (Phi) is 5.83. The largest absolute Gasteiger partial charge is 0.385 e. The predicted octanol–water partition coefficient (Wildman–Crippen LogP) is 2.36. The number of hydrogen-bond donors (Lipinski definition) is 0. The summed E-state index contributed by atoms with van der Waals surface area (Å²) in [6, 6.07) is 0.662. The summed E-state index contributed by atoms with van der Waals surface area (Å²) in [5.74, 6) is 1.64. The van der Waals surface area contributed by atoms with Gasteiger partial charge in [0.1, 0.15) is 0 Å². The molecule has 3 heteroatoms. The molecule has 0 radical (unpaired) electrons. The van der Waals surface area contributed by atoms with Gasteiger partial charge < -0.3 is 9.64 Å². The Hall–Kier alpha value is 0.210. The van der Waals surface area contributed by atoms with E-state index in [0.717, 1.165) is 24.8 Å². The zero-order chi connectivity index (χ0) is 10.4. The van der Waals surface area contributed by atoms with E-state index in [1.807, 2.05) is 0 Å². The SMILES string of the molecule is COCCC(C)N1CCC(CCCl)C1. The van der Waals surface area contributed by atoms with Gasteiger partial charge in [0.25, 0.3) is 0 Å². The summed E-state index contributed by atoms with van der Waals surface area (Å²) in [5.41, 5.74) is 0. The lowest BCUT2D eigenvalue weighted by molar-refractivity contribution is 0.150. The smallest absolute Gasteiger partial charge is 0.0477 e. The molecule has 0 aromatic carbocycles. The number of nitrogens with zero attached hydrogens (tertiary/aromatic N) is 1. The molecule has 0 bridgehead atoms. The van der Waals surface area contributed by atoms with Crippen LogP contribution in [0.4, 0.5) is 0 Å². The molecule has 1 rings (SSSR count). The highest BCUT2D eigenvalue weighted by Gasteiger charge is 2.24. The lowest BCUT2D eigenvalue weighted by atomic mass is 10.1. The van der Waals surface area contributed by atoms with Crippen molar-refractivity contribution in [3.05, 3.63) is 0 Å². The number of ether oxygens (including phenoxy) is 1. The topological polar surface area (TPSA) is 12.5 Å². The maximum Gasteiger partial charge on any atom is 0.0477 e. The molecule has 1 saturated heterocycles. The van der Waals surface area contributed by atoms with E-state index in [2.05, 4.69) is 11.8 Å². The summed E-state index contributed by atoms with van der Waals surface area (Å²) in [6.07, 6.45) is 3.64. The van der Waals surface area contributed by atoms with Crippen LogP contribution in [0, 0.1) is 5.92 Å². The number of alkyl halides is 1. The minimum absolute atomic E-state index is 0.662. The quantitative estimate of drug-likeness (QED) is 0.636. The molecule has 1 aliphatic rings. The maximum absolute atomic E-state index is 5.75. The van der Waals surface area contributed by atoms with Crippen LogP contribution in [0.2, 0.25) is 0 Å². The fourth-order valence-corrected chi connectivity index (χ4v) is 2.43. The van der Waals surface area contributed by atoms with Crippen molar-refractivity contribution in [2.45, 2.75) is 32.2 Å². The molecule has 84 valence electrons. The van der Waals surface area contributed by atoms with E-state index in [0.29, 0.717) is 6.04 Å². The van der Waals surface area contributed by atoms with E-state index in [9.17, 15) is 0 Å². The lowest BCUT2D eigenvalue weighted by Gasteiger charge is -2.23. The molecule has 1 fully saturated rings. The molecule has 0 amide bonds. The lowest BCUT2D eigenvalue weighted by Crippen LogP contribution is -2.31. The van der Waals surface area contributed by atoms with Gasteiger partial charge in [-0.25, -0.2) is 0 Å². The molecule has 0 aromatic heterocycles. The Bertz CT molecular complexity index is 154. The zero-order valence-electron chi connectivity index (χ0n) is 9.34. The average molecular weight is 220 g/mol. The van der Waals surface area contributed by atoms with Crippen LogP contribution in [0.15, 0.2) is 0 Å². The van der Waals surface area contributed by atoms with Gasteiger partial charge in [-0.1, -0.05) is 0 Å². The first-order valence-electron chi connectivity index (χ1n) is 5.57.